The van der Waals surface area contributed by atoms with Gasteiger partial charge in [0.1, 0.15) is 6.61 Å². The van der Waals surface area contributed by atoms with E-state index in [9.17, 15) is 19.0 Å². The Labute approximate surface area is 465 Å². The molecule has 0 saturated heterocycles. The second-order valence-corrected chi connectivity index (χ2v) is 20.6. The van der Waals surface area contributed by atoms with E-state index in [0.717, 1.165) is 109 Å². The Morgan fingerprint density at radius 2 is 0.724 bits per heavy atom. The van der Waals surface area contributed by atoms with Crippen molar-refractivity contribution >= 4 is 19.8 Å². The minimum absolute atomic E-state index is 0.0399. The van der Waals surface area contributed by atoms with Crippen LogP contribution in [0.3, 0.4) is 0 Å². The predicted octanol–water partition coefficient (Wildman–Crippen LogP) is 19.1. The number of hydrogen-bond donors (Lipinski definition) is 2. The van der Waals surface area contributed by atoms with Gasteiger partial charge in [0, 0.05) is 19.4 Å². The summed E-state index contributed by atoms with van der Waals surface area (Å²) in [5.74, 6) is -0.884. The second kappa shape index (κ2) is 60.1. The van der Waals surface area contributed by atoms with Gasteiger partial charge in [0.05, 0.1) is 13.2 Å². The summed E-state index contributed by atoms with van der Waals surface area (Å²) < 4.78 is 32.9. The lowest BCUT2D eigenvalue weighted by molar-refractivity contribution is -0.161. The van der Waals surface area contributed by atoms with Crippen molar-refractivity contribution in [1.82, 2.24) is 0 Å². The molecule has 0 amide bonds. The summed E-state index contributed by atoms with van der Waals surface area (Å²) in [6, 6.07) is 0. The number of rotatable bonds is 54. The van der Waals surface area contributed by atoms with Crippen LogP contribution in [-0.4, -0.2) is 49.3 Å². The number of ether oxygens (including phenoxy) is 2. The molecule has 0 aliphatic heterocycles. The van der Waals surface area contributed by atoms with Crippen LogP contribution in [0.1, 0.15) is 226 Å². The number of hydrogen-bond acceptors (Lipinski definition) is 8. The van der Waals surface area contributed by atoms with Crippen LogP contribution in [0.2, 0.25) is 0 Å². The molecule has 0 aliphatic rings. The predicted molar refractivity (Wildman–Crippen MR) is 325 cm³/mol. The summed E-state index contributed by atoms with van der Waals surface area (Å²) in [6.45, 7) is 3.57. The highest BCUT2D eigenvalue weighted by molar-refractivity contribution is 7.47. The molecular weight excluding hydrogens is 966 g/mol. The van der Waals surface area contributed by atoms with Crippen molar-refractivity contribution in [2.75, 3.05) is 26.4 Å². The van der Waals surface area contributed by atoms with Crippen LogP contribution in [0, 0.1) is 0 Å². The van der Waals surface area contributed by atoms with Gasteiger partial charge in [-0.1, -0.05) is 256 Å². The third-order valence-electron chi connectivity index (χ3n) is 12.0. The third-order valence-corrected chi connectivity index (χ3v) is 13.0. The first-order valence-corrected chi connectivity index (χ1v) is 31.3. The van der Waals surface area contributed by atoms with Crippen LogP contribution >= 0.6 is 7.82 Å². The minimum Gasteiger partial charge on any atom is -0.462 e. The van der Waals surface area contributed by atoms with Gasteiger partial charge in [-0.25, -0.2) is 4.57 Å². The summed E-state index contributed by atoms with van der Waals surface area (Å²) in [6.07, 6.45) is 86.3. The Balaban J connectivity index is 4.10. The van der Waals surface area contributed by atoms with E-state index in [2.05, 4.69) is 160 Å². The molecule has 0 radical (unpaired) electrons. The van der Waals surface area contributed by atoms with Gasteiger partial charge in [-0.3, -0.25) is 18.6 Å². The van der Waals surface area contributed by atoms with E-state index in [1.165, 1.54) is 83.5 Å². The molecule has 0 aromatic rings. The number of allylic oxidation sites excluding steroid dienone is 24. The first kappa shape index (κ1) is 71.9. The molecule has 10 heteroatoms. The van der Waals surface area contributed by atoms with Crippen LogP contribution in [0.4, 0.5) is 0 Å². The molecule has 3 N–H and O–H groups in total. The van der Waals surface area contributed by atoms with Gasteiger partial charge in [0.25, 0.3) is 0 Å². The molecule has 0 fully saturated rings. The molecule has 0 aliphatic carbocycles. The first-order valence-electron chi connectivity index (χ1n) is 29.8. The van der Waals surface area contributed by atoms with Crippen LogP contribution in [0.5, 0.6) is 0 Å². The Kier molecular flexibility index (Phi) is 56.9. The number of carbonyl (C=O) groups excluding carboxylic acids is 2. The van der Waals surface area contributed by atoms with E-state index < -0.39 is 32.5 Å². The molecule has 0 heterocycles. The highest BCUT2D eigenvalue weighted by Gasteiger charge is 2.26. The Morgan fingerprint density at radius 1 is 0.408 bits per heavy atom. The van der Waals surface area contributed by atoms with Crippen LogP contribution in [0.25, 0.3) is 0 Å². The molecule has 2 atom stereocenters. The molecule has 76 heavy (non-hydrogen) atoms. The average Bonchev–Trinajstić information content (AvgIpc) is 3.41. The molecule has 0 saturated carbocycles. The van der Waals surface area contributed by atoms with Crippen LogP contribution in [-0.2, 0) is 32.7 Å². The van der Waals surface area contributed by atoms with E-state index in [1.807, 2.05) is 0 Å². The Hall–Kier alpha value is -4.11. The number of nitrogens with two attached hydrogens (primary N) is 1. The monoisotopic (exact) mass is 1070 g/mol. The lowest BCUT2D eigenvalue weighted by Gasteiger charge is -2.19. The standard InChI is InChI=1S/C66H108NO8P/c1-3-5-7-9-11-13-15-17-19-21-22-23-24-25-26-27-28-29-30-31-32-33-34-35-36-37-38-39-40-41-42-43-45-47-49-51-53-55-57-59-66(69)75-64(63-74-76(70,71)73-61-60-67)62-72-65(68)58-56-54-52-50-48-46-44-20-18-16-14-12-10-8-6-4-2/h5,7,11,13,17,19,22-23,25-26,28-29,31-32,34-35,37-38,40-41,43,45,49,51,64H,3-4,6,8-10,12,14-16,18,20-21,24,27,30,33,36,39,42,44,46-48,50,52-63,67H2,1-2H3,(H,70,71)/b7-5-,13-11-,19-17-,23-22-,26-25-,29-28-,32-31-,35-34-,38-37-,41-40-,45-43-,51-49-. The molecule has 0 rings (SSSR count). The lowest BCUT2D eigenvalue weighted by Crippen LogP contribution is -2.29. The summed E-state index contributed by atoms with van der Waals surface area (Å²) in [4.78, 5) is 35.1. The van der Waals surface area contributed by atoms with Gasteiger partial charge < -0.3 is 20.1 Å². The van der Waals surface area contributed by atoms with Gasteiger partial charge in [-0.2, -0.15) is 0 Å². The van der Waals surface area contributed by atoms with E-state index >= 15 is 0 Å². The summed E-state index contributed by atoms with van der Waals surface area (Å²) in [7, 11) is -4.41. The molecule has 0 bridgehead atoms. The maximum atomic E-state index is 12.7. The van der Waals surface area contributed by atoms with E-state index in [1.54, 1.807) is 0 Å². The SMILES string of the molecule is CC/C=C\C/C=C\C/C=C\C/C=C\C/C=C\C/C=C\C/C=C\C/C=C\C/C=C\C/C=C\C/C=C\C/C=C\CCCCC(=O)OC(COC(=O)CCCCCCCCCCCCCCCCCC)COP(=O)(O)OCCN. The maximum Gasteiger partial charge on any atom is 0.472 e. The number of phosphoric ester groups is 1. The molecule has 0 aromatic heterocycles. The molecule has 430 valence electrons. The number of carbonyl (C=O) groups is 2. The molecule has 2 unspecified atom stereocenters. The van der Waals surface area contributed by atoms with Gasteiger partial charge in [0.2, 0.25) is 0 Å². The minimum atomic E-state index is -4.41. The fourth-order valence-corrected chi connectivity index (χ4v) is 8.38. The largest absolute Gasteiger partial charge is 0.472 e. The number of esters is 2. The molecule has 0 aromatic carbocycles. The highest BCUT2D eigenvalue weighted by atomic mass is 31.2. The molecule has 0 spiro atoms. The zero-order valence-electron chi connectivity index (χ0n) is 47.9. The van der Waals surface area contributed by atoms with Crippen molar-refractivity contribution in [3.8, 4) is 0 Å². The summed E-state index contributed by atoms with van der Waals surface area (Å²) >= 11 is 0. The summed E-state index contributed by atoms with van der Waals surface area (Å²) in [5, 5.41) is 0. The second-order valence-electron chi connectivity index (χ2n) is 19.1. The Morgan fingerprint density at radius 3 is 1.08 bits per heavy atom. The van der Waals surface area contributed by atoms with E-state index in [0.29, 0.717) is 6.42 Å². The van der Waals surface area contributed by atoms with Crippen molar-refractivity contribution in [3.63, 3.8) is 0 Å². The van der Waals surface area contributed by atoms with Gasteiger partial charge >= 0.3 is 19.8 Å². The molecular formula is C66H108NO8P. The van der Waals surface area contributed by atoms with Crippen molar-refractivity contribution in [2.24, 2.45) is 5.73 Å². The number of unbranched alkanes of at least 4 members (excludes halogenated alkanes) is 17. The Bertz CT molecular complexity index is 1750. The maximum absolute atomic E-state index is 12.7. The topological polar surface area (TPSA) is 134 Å². The van der Waals surface area contributed by atoms with Gasteiger partial charge in [0.15, 0.2) is 6.10 Å². The smallest absolute Gasteiger partial charge is 0.462 e. The lowest BCUT2D eigenvalue weighted by atomic mass is 10.0. The average molecular weight is 1070 g/mol. The highest BCUT2D eigenvalue weighted by Crippen LogP contribution is 2.43. The van der Waals surface area contributed by atoms with Gasteiger partial charge in [-0.15, -0.1) is 0 Å². The first-order chi connectivity index (χ1) is 37.3. The third kappa shape index (κ3) is 59.1. The van der Waals surface area contributed by atoms with Crippen LogP contribution < -0.4 is 5.73 Å². The van der Waals surface area contributed by atoms with Crippen LogP contribution in [0.15, 0.2) is 146 Å². The fourth-order valence-electron chi connectivity index (χ4n) is 7.62. The number of phosphoric acid groups is 1. The van der Waals surface area contributed by atoms with Gasteiger partial charge in [-0.05, 0) is 103 Å². The molecule has 9 nitrogen and oxygen atoms in total. The summed E-state index contributed by atoms with van der Waals surface area (Å²) in [5.41, 5.74) is 5.37. The zero-order chi connectivity index (χ0) is 55.2. The fraction of sp³-hybridized carbons (Fsp3) is 0.606. The van der Waals surface area contributed by atoms with Crippen molar-refractivity contribution in [3.05, 3.63) is 146 Å². The van der Waals surface area contributed by atoms with Crippen molar-refractivity contribution in [2.45, 2.75) is 232 Å². The quantitative estimate of drug-likeness (QED) is 0.0264. The van der Waals surface area contributed by atoms with Crippen molar-refractivity contribution in [1.29, 1.82) is 0 Å². The zero-order valence-corrected chi connectivity index (χ0v) is 48.8. The van der Waals surface area contributed by atoms with Crippen molar-refractivity contribution < 1.29 is 37.6 Å². The normalized spacial score (nSPS) is 14.1. The van der Waals surface area contributed by atoms with E-state index in [4.69, 9.17) is 24.3 Å². The van der Waals surface area contributed by atoms with E-state index in [-0.39, 0.29) is 32.6 Å².